The maximum absolute atomic E-state index is 11.2. The molecule has 0 atom stereocenters. The monoisotopic (exact) mass is 172 g/mol. The molecule has 0 bridgehead atoms. The summed E-state index contributed by atoms with van der Waals surface area (Å²) >= 11 is 0. The fourth-order valence-corrected chi connectivity index (χ4v) is 0.659. The Kier molecular flexibility index (Phi) is 2.90. The molecule has 0 amide bonds. The van der Waals surface area contributed by atoms with Gasteiger partial charge in [0, 0.05) is 0 Å². The van der Waals surface area contributed by atoms with Crippen LogP contribution in [0.25, 0.3) is 0 Å². The molecular formula is C6H6BFO4. The van der Waals surface area contributed by atoms with Gasteiger partial charge in [-0.3, -0.25) is 0 Å². The first-order valence-corrected chi connectivity index (χ1v) is 3.13. The van der Waals surface area contributed by atoms with Crippen molar-refractivity contribution in [3.8, 4) is 11.5 Å². The standard InChI is InChI=1S/C6H6BFO4/c8-12-7(10)11-6-3-1-5(9)2-4-6/h1-4,9-10H. The van der Waals surface area contributed by atoms with E-state index in [1.54, 1.807) is 0 Å². The Morgan fingerprint density at radius 1 is 1.25 bits per heavy atom. The largest absolute Gasteiger partial charge is 0.743 e. The second kappa shape index (κ2) is 3.94. The minimum atomic E-state index is -1.94. The minimum Gasteiger partial charge on any atom is -0.510 e. The van der Waals surface area contributed by atoms with Gasteiger partial charge in [-0.15, -0.1) is 0 Å². The quantitative estimate of drug-likeness (QED) is 0.657. The Balaban J connectivity index is 2.58. The molecule has 4 nitrogen and oxygen atoms in total. The van der Waals surface area contributed by atoms with Gasteiger partial charge in [0.05, 0.1) is 0 Å². The topological polar surface area (TPSA) is 58.9 Å². The molecule has 0 saturated heterocycles. The maximum atomic E-state index is 11.2. The normalized spacial score (nSPS) is 9.50. The summed E-state index contributed by atoms with van der Waals surface area (Å²) in [7, 11) is -1.94. The molecule has 0 aliphatic carbocycles. The minimum absolute atomic E-state index is 0.0537. The summed E-state index contributed by atoms with van der Waals surface area (Å²) in [6.45, 7) is 0. The number of phenols is 1. The number of phenolic OH excluding ortho intramolecular Hbond substituents is 1. The van der Waals surface area contributed by atoms with E-state index in [9.17, 15) is 4.53 Å². The Hall–Kier alpha value is -1.27. The SMILES string of the molecule is OB(OF)Oc1ccc(O)cc1. The van der Waals surface area contributed by atoms with Crippen molar-refractivity contribution in [1.29, 1.82) is 0 Å². The van der Waals surface area contributed by atoms with E-state index in [2.05, 4.69) is 9.51 Å². The van der Waals surface area contributed by atoms with Crippen LogP contribution in [0.4, 0.5) is 4.53 Å². The molecule has 0 spiro atoms. The van der Waals surface area contributed by atoms with Crippen LogP contribution >= 0.6 is 0 Å². The number of aromatic hydroxyl groups is 1. The molecule has 0 aliphatic rings. The van der Waals surface area contributed by atoms with Crippen molar-refractivity contribution in [3.05, 3.63) is 24.3 Å². The number of benzene rings is 1. The van der Waals surface area contributed by atoms with Crippen LogP contribution < -0.4 is 4.65 Å². The molecule has 0 unspecified atom stereocenters. The lowest BCUT2D eigenvalue weighted by atomic mass is 10.2. The first-order chi connectivity index (χ1) is 5.72. The van der Waals surface area contributed by atoms with Crippen molar-refractivity contribution in [1.82, 2.24) is 0 Å². The molecule has 1 aromatic rings. The van der Waals surface area contributed by atoms with Gasteiger partial charge in [-0.2, -0.15) is 4.86 Å². The lowest BCUT2D eigenvalue weighted by Gasteiger charge is -2.04. The maximum Gasteiger partial charge on any atom is 0.743 e. The summed E-state index contributed by atoms with van der Waals surface area (Å²) in [6.07, 6.45) is 0. The number of hydrogen-bond acceptors (Lipinski definition) is 4. The van der Waals surface area contributed by atoms with E-state index in [1.807, 2.05) is 0 Å². The molecule has 1 aromatic carbocycles. The van der Waals surface area contributed by atoms with Gasteiger partial charge >= 0.3 is 7.32 Å². The first-order valence-electron chi connectivity index (χ1n) is 3.13. The zero-order valence-electron chi connectivity index (χ0n) is 5.98. The van der Waals surface area contributed by atoms with E-state index >= 15 is 0 Å². The third-order valence-corrected chi connectivity index (χ3v) is 1.15. The van der Waals surface area contributed by atoms with Crippen molar-refractivity contribution < 1.29 is 24.2 Å². The summed E-state index contributed by atoms with van der Waals surface area (Å²) in [6, 6.07) is 5.38. The van der Waals surface area contributed by atoms with Crippen molar-refractivity contribution in [2.75, 3.05) is 0 Å². The zero-order chi connectivity index (χ0) is 8.97. The highest BCUT2D eigenvalue weighted by Crippen LogP contribution is 2.16. The van der Waals surface area contributed by atoms with Crippen LogP contribution in [0.3, 0.4) is 0 Å². The smallest absolute Gasteiger partial charge is 0.510 e. The van der Waals surface area contributed by atoms with E-state index in [4.69, 9.17) is 10.1 Å². The fraction of sp³-hybridized carbons (Fsp3) is 0. The van der Waals surface area contributed by atoms with E-state index in [1.165, 1.54) is 24.3 Å². The van der Waals surface area contributed by atoms with Crippen LogP contribution in [0.1, 0.15) is 0 Å². The molecule has 0 heterocycles. The van der Waals surface area contributed by atoms with Gasteiger partial charge < -0.3 is 14.8 Å². The van der Waals surface area contributed by atoms with Crippen molar-refractivity contribution in [3.63, 3.8) is 0 Å². The number of rotatable bonds is 3. The number of hydrogen-bond donors (Lipinski definition) is 2. The summed E-state index contributed by atoms with van der Waals surface area (Å²) in [5.74, 6) is 0.246. The average Bonchev–Trinajstić information content (AvgIpc) is 2.09. The molecule has 64 valence electrons. The van der Waals surface area contributed by atoms with Gasteiger partial charge in [0.15, 0.2) is 0 Å². The van der Waals surface area contributed by atoms with Gasteiger partial charge in [0.2, 0.25) is 0 Å². The highest BCUT2D eigenvalue weighted by molar-refractivity contribution is 6.35. The van der Waals surface area contributed by atoms with E-state index in [0.717, 1.165) is 0 Å². The summed E-state index contributed by atoms with van der Waals surface area (Å²) in [5, 5.41) is 17.3. The predicted molar refractivity (Wildman–Crippen MR) is 38.9 cm³/mol. The first kappa shape index (κ1) is 8.83. The van der Waals surface area contributed by atoms with Crippen LogP contribution in [-0.2, 0) is 4.86 Å². The van der Waals surface area contributed by atoms with Crippen molar-refractivity contribution in [2.24, 2.45) is 0 Å². The summed E-state index contributed by atoms with van der Waals surface area (Å²) < 4.78 is 15.7. The lowest BCUT2D eigenvalue weighted by Crippen LogP contribution is -2.22. The molecule has 2 N–H and O–H groups in total. The zero-order valence-corrected chi connectivity index (χ0v) is 5.98. The lowest BCUT2D eigenvalue weighted by molar-refractivity contribution is -0.0527. The Morgan fingerprint density at radius 2 is 1.83 bits per heavy atom. The Bertz CT molecular complexity index is 240. The molecule has 6 heteroatoms. The molecular weight excluding hydrogens is 166 g/mol. The van der Waals surface area contributed by atoms with E-state index in [0.29, 0.717) is 0 Å². The van der Waals surface area contributed by atoms with Crippen LogP contribution in [0.2, 0.25) is 0 Å². The Morgan fingerprint density at radius 3 is 2.33 bits per heavy atom. The van der Waals surface area contributed by atoms with Gasteiger partial charge in [-0.25, -0.2) is 0 Å². The third kappa shape index (κ3) is 2.41. The molecule has 1 rings (SSSR count). The van der Waals surface area contributed by atoms with Crippen LogP contribution in [0.5, 0.6) is 11.5 Å². The molecule has 0 saturated carbocycles. The second-order valence-corrected chi connectivity index (χ2v) is 2.01. The highest BCUT2D eigenvalue weighted by atomic mass is 19.3. The van der Waals surface area contributed by atoms with Gasteiger partial charge in [0.25, 0.3) is 0 Å². The number of halogens is 1. The summed E-state index contributed by atoms with van der Waals surface area (Å²) in [5.41, 5.74) is 0. The summed E-state index contributed by atoms with van der Waals surface area (Å²) in [4.78, 5) is 2.96. The van der Waals surface area contributed by atoms with Crippen LogP contribution in [0, 0.1) is 0 Å². The van der Waals surface area contributed by atoms with Gasteiger partial charge in [-0.1, -0.05) is 4.53 Å². The van der Waals surface area contributed by atoms with Gasteiger partial charge in [-0.05, 0) is 24.3 Å². The molecule has 0 radical (unpaired) electrons. The van der Waals surface area contributed by atoms with E-state index < -0.39 is 7.32 Å². The van der Waals surface area contributed by atoms with Crippen LogP contribution in [0.15, 0.2) is 24.3 Å². The van der Waals surface area contributed by atoms with Crippen LogP contribution in [-0.4, -0.2) is 17.5 Å². The molecule has 12 heavy (non-hydrogen) atoms. The Labute approximate surface area is 68.2 Å². The average molecular weight is 172 g/mol. The van der Waals surface area contributed by atoms with E-state index in [-0.39, 0.29) is 11.5 Å². The predicted octanol–water partition coefficient (Wildman–Crippen LogP) is 0.649. The third-order valence-electron chi connectivity index (χ3n) is 1.15. The molecule has 0 aromatic heterocycles. The van der Waals surface area contributed by atoms with Crippen molar-refractivity contribution in [2.45, 2.75) is 0 Å². The fourth-order valence-electron chi connectivity index (χ4n) is 0.659. The van der Waals surface area contributed by atoms with Crippen molar-refractivity contribution >= 4 is 7.32 Å². The molecule has 0 aliphatic heterocycles. The van der Waals surface area contributed by atoms with Gasteiger partial charge in [0.1, 0.15) is 11.5 Å². The second-order valence-electron chi connectivity index (χ2n) is 2.01. The molecule has 0 fully saturated rings. The highest BCUT2D eigenvalue weighted by Gasteiger charge is 2.18.